The first kappa shape index (κ1) is 16.8. The molecule has 120 valence electrons. The van der Waals surface area contributed by atoms with Crippen molar-refractivity contribution in [3.8, 4) is 11.5 Å². The van der Waals surface area contributed by atoms with Gasteiger partial charge < -0.3 is 15.1 Å². The molecule has 0 saturated carbocycles. The Hall–Kier alpha value is -2.54. The zero-order valence-corrected chi connectivity index (χ0v) is 13.8. The second kappa shape index (κ2) is 7.15. The summed E-state index contributed by atoms with van der Waals surface area (Å²) >= 11 is 1.38. The van der Waals surface area contributed by atoms with E-state index in [2.05, 4.69) is 9.97 Å². The number of aromatic nitrogens is 2. The van der Waals surface area contributed by atoms with Crippen molar-refractivity contribution in [3.05, 3.63) is 47.9 Å². The fourth-order valence-corrected chi connectivity index (χ4v) is 2.26. The lowest BCUT2D eigenvalue weighted by atomic mass is 10.0. The summed E-state index contributed by atoms with van der Waals surface area (Å²) in [5.41, 5.74) is 1.13. The number of phenols is 2. The molecule has 0 amide bonds. The van der Waals surface area contributed by atoms with E-state index < -0.39 is 0 Å². The minimum absolute atomic E-state index is 0.262. The molecule has 2 aromatic rings. The largest absolute Gasteiger partial charge is 0.504 e. The van der Waals surface area contributed by atoms with Crippen LogP contribution in [0.4, 0.5) is 0 Å². The predicted molar refractivity (Wildman–Crippen MR) is 89.6 cm³/mol. The third kappa shape index (κ3) is 4.01. The fourth-order valence-electron chi connectivity index (χ4n) is 1.91. The summed E-state index contributed by atoms with van der Waals surface area (Å²) in [7, 11) is 3.61. The van der Waals surface area contributed by atoms with Crippen molar-refractivity contribution in [2.24, 2.45) is 0 Å². The molecule has 7 heteroatoms. The Kier molecular flexibility index (Phi) is 5.23. The van der Waals surface area contributed by atoms with Gasteiger partial charge in [0, 0.05) is 32.1 Å². The zero-order valence-electron chi connectivity index (χ0n) is 13.0. The van der Waals surface area contributed by atoms with Gasteiger partial charge in [0.1, 0.15) is 0 Å². The lowest BCUT2D eigenvalue weighted by Gasteiger charge is -2.12. The Balaban J connectivity index is 2.50. The normalized spacial score (nSPS) is 11.3. The standard InChI is InChI=1S/C16H17N3O3S/c1-19(2)9-11(12-6-7-17-16(18-12)23-3)15(22)10-4-5-13(20)14(21)8-10/h4-9,20-21H,1-3H3/b11-9-. The third-order valence-corrected chi connectivity index (χ3v) is 3.52. The highest BCUT2D eigenvalue weighted by molar-refractivity contribution is 7.98. The van der Waals surface area contributed by atoms with Crippen LogP contribution in [0.1, 0.15) is 16.1 Å². The minimum Gasteiger partial charge on any atom is -0.504 e. The first-order valence-electron chi connectivity index (χ1n) is 6.74. The number of thioether (sulfide) groups is 1. The Morgan fingerprint density at radius 2 is 1.96 bits per heavy atom. The van der Waals surface area contributed by atoms with E-state index >= 15 is 0 Å². The van der Waals surface area contributed by atoms with Crippen molar-refractivity contribution >= 4 is 23.1 Å². The summed E-state index contributed by atoms with van der Waals surface area (Å²) in [5, 5.41) is 19.6. The number of rotatable bonds is 5. The van der Waals surface area contributed by atoms with Crippen LogP contribution in [-0.2, 0) is 0 Å². The third-order valence-electron chi connectivity index (χ3n) is 2.96. The molecule has 1 aromatic heterocycles. The average molecular weight is 331 g/mol. The highest BCUT2D eigenvalue weighted by Gasteiger charge is 2.18. The number of ketones is 1. The number of Topliss-reactive ketones (excluding diaryl/α,β-unsaturated/α-hetero) is 1. The maximum Gasteiger partial charge on any atom is 0.196 e. The molecule has 2 N–H and O–H groups in total. The SMILES string of the molecule is CSc1nccc(/C(=C/N(C)C)C(=O)c2ccc(O)c(O)c2)n1. The van der Waals surface area contributed by atoms with Gasteiger partial charge in [-0.25, -0.2) is 9.97 Å². The van der Waals surface area contributed by atoms with Gasteiger partial charge in [-0.15, -0.1) is 0 Å². The summed E-state index contributed by atoms with van der Waals surface area (Å²) in [5.74, 6) is -0.918. The molecule has 0 spiro atoms. The van der Waals surface area contributed by atoms with Crippen LogP contribution in [0.25, 0.3) is 5.57 Å². The van der Waals surface area contributed by atoms with E-state index in [9.17, 15) is 15.0 Å². The van der Waals surface area contributed by atoms with E-state index in [0.29, 0.717) is 16.4 Å². The van der Waals surface area contributed by atoms with Gasteiger partial charge in [0.15, 0.2) is 22.4 Å². The van der Waals surface area contributed by atoms with Crippen molar-refractivity contribution < 1.29 is 15.0 Å². The number of phenolic OH excluding ortho intramolecular Hbond substituents is 2. The number of aromatic hydroxyl groups is 2. The van der Waals surface area contributed by atoms with Crippen LogP contribution in [0.2, 0.25) is 0 Å². The van der Waals surface area contributed by atoms with Gasteiger partial charge in [-0.2, -0.15) is 0 Å². The van der Waals surface area contributed by atoms with Crippen LogP contribution >= 0.6 is 11.8 Å². The van der Waals surface area contributed by atoms with Crippen LogP contribution in [0.15, 0.2) is 41.8 Å². The summed E-state index contributed by atoms with van der Waals surface area (Å²) in [4.78, 5) is 23.0. The first-order chi connectivity index (χ1) is 10.9. The lowest BCUT2D eigenvalue weighted by Crippen LogP contribution is -2.10. The molecule has 0 aliphatic heterocycles. The van der Waals surface area contributed by atoms with Gasteiger partial charge in [0.05, 0.1) is 11.3 Å². The van der Waals surface area contributed by atoms with Crippen LogP contribution < -0.4 is 0 Å². The van der Waals surface area contributed by atoms with Crippen molar-refractivity contribution in [1.29, 1.82) is 0 Å². The molecular formula is C16H17N3O3S. The van der Waals surface area contributed by atoms with E-state index in [-0.39, 0.29) is 22.8 Å². The molecule has 0 atom stereocenters. The Labute approximate surface area is 138 Å². The number of carbonyl (C=O) groups is 1. The molecule has 0 aliphatic rings. The number of allylic oxidation sites excluding steroid dienone is 1. The smallest absolute Gasteiger partial charge is 0.196 e. The molecule has 2 rings (SSSR count). The maximum absolute atomic E-state index is 12.8. The van der Waals surface area contributed by atoms with E-state index in [1.807, 2.05) is 6.26 Å². The van der Waals surface area contributed by atoms with E-state index in [1.54, 1.807) is 37.5 Å². The van der Waals surface area contributed by atoms with Crippen molar-refractivity contribution in [3.63, 3.8) is 0 Å². The summed E-state index contributed by atoms with van der Waals surface area (Å²) < 4.78 is 0. The number of carbonyl (C=O) groups excluding carboxylic acids is 1. The molecule has 1 heterocycles. The number of hydrogen-bond acceptors (Lipinski definition) is 7. The molecule has 23 heavy (non-hydrogen) atoms. The second-order valence-electron chi connectivity index (χ2n) is 4.97. The molecule has 0 unspecified atom stereocenters. The van der Waals surface area contributed by atoms with Crippen molar-refractivity contribution in [2.45, 2.75) is 5.16 Å². The highest BCUT2D eigenvalue weighted by Crippen LogP contribution is 2.28. The van der Waals surface area contributed by atoms with E-state index in [4.69, 9.17) is 0 Å². The summed E-state index contributed by atoms with van der Waals surface area (Å²) in [6.07, 6.45) is 5.12. The first-order valence-corrected chi connectivity index (χ1v) is 7.97. The van der Waals surface area contributed by atoms with Crippen LogP contribution in [0.3, 0.4) is 0 Å². The molecular weight excluding hydrogens is 314 g/mol. The fraction of sp³-hybridized carbons (Fsp3) is 0.188. The van der Waals surface area contributed by atoms with Gasteiger partial charge in [0.2, 0.25) is 0 Å². The summed E-state index contributed by atoms with van der Waals surface area (Å²) in [6, 6.07) is 5.63. The second-order valence-corrected chi connectivity index (χ2v) is 5.74. The van der Waals surface area contributed by atoms with Crippen LogP contribution in [0, 0.1) is 0 Å². The minimum atomic E-state index is -0.340. The van der Waals surface area contributed by atoms with Crippen LogP contribution in [0.5, 0.6) is 11.5 Å². The highest BCUT2D eigenvalue weighted by atomic mass is 32.2. The zero-order chi connectivity index (χ0) is 17.0. The summed E-state index contributed by atoms with van der Waals surface area (Å²) in [6.45, 7) is 0. The topological polar surface area (TPSA) is 86.6 Å². The average Bonchev–Trinajstić information content (AvgIpc) is 2.54. The maximum atomic E-state index is 12.8. The van der Waals surface area contributed by atoms with E-state index in [1.165, 1.54) is 30.0 Å². The Morgan fingerprint density at radius 3 is 2.57 bits per heavy atom. The van der Waals surface area contributed by atoms with Crippen LogP contribution in [-0.4, -0.2) is 51.2 Å². The molecule has 0 bridgehead atoms. The number of hydrogen-bond donors (Lipinski definition) is 2. The van der Waals surface area contributed by atoms with Gasteiger partial charge in [-0.3, -0.25) is 4.79 Å². The van der Waals surface area contributed by atoms with Gasteiger partial charge in [0.25, 0.3) is 0 Å². The molecule has 0 saturated heterocycles. The van der Waals surface area contributed by atoms with E-state index in [0.717, 1.165) is 0 Å². The molecule has 0 radical (unpaired) electrons. The Morgan fingerprint density at radius 1 is 1.22 bits per heavy atom. The van der Waals surface area contributed by atoms with Crippen molar-refractivity contribution in [2.75, 3.05) is 20.4 Å². The predicted octanol–water partition coefficient (Wildman–Crippen LogP) is 2.40. The van der Waals surface area contributed by atoms with Gasteiger partial charge in [-0.1, -0.05) is 11.8 Å². The van der Waals surface area contributed by atoms with Gasteiger partial charge >= 0.3 is 0 Å². The number of benzene rings is 1. The monoisotopic (exact) mass is 331 g/mol. The number of nitrogens with zero attached hydrogens (tertiary/aromatic N) is 3. The molecule has 0 aliphatic carbocycles. The van der Waals surface area contributed by atoms with Crippen molar-refractivity contribution in [1.82, 2.24) is 14.9 Å². The molecule has 1 aromatic carbocycles. The molecule has 6 nitrogen and oxygen atoms in total. The molecule has 0 fully saturated rings. The quantitative estimate of drug-likeness (QED) is 0.286. The lowest BCUT2D eigenvalue weighted by molar-refractivity contribution is 0.105. The van der Waals surface area contributed by atoms with Gasteiger partial charge in [-0.05, 0) is 30.5 Å². The Bertz CT molecular complexity index is 760.